The highest BCUT2D eigenvalue weighted by molar-refractivity contribution is 6.02. The summed E-state index contributed by atoms with van der Waals surface area (Å²) >= 11 is 0. The van der Waals surface area contributed by atoms with Crippen molar-refractivity contribution < 1.29 is 14.3 Å². The van der Waals surface area contributed by atoms with Crippen LogP contribution in [0.5, 0.6) is 0 Å². The van der Waals surface area contributed by atoms with Crippen LogP contribution >= 0.6 is 0 Å². The summed E-state index contributed by atoms with van der Waals surface area (Å²) in [6, 6.07) is 5.24. The van der Waals surface area contributed by atoms with Gasteiger partial charge in [-0.2, -0.15) is 0 Å². The van der Waals surface area contributed by atoms with Crippen molar-refractivity contribution in [3.05, 3.63) is 62.7 Å². The molecule has 10 nitrogen and oxygen atoms in total. The molecule has 3 N–H and O–H groups in total. The molecule has 0 saturated carbocycles. The first-order valence-electron chi connectivity index (χ1n) is 8.19. The number of aromatic amines is 1. The van der Waals surface area contributed by atoms with Gasteiger partial charge in [0.15, 0.2) is 12.3 Å². The highest BCUT2D eigenvalue weighted by Crippen LogP contribution is 2.09. The maximum atomic E-state index is 12.3. The van der Waals surface area contributed by atoms with Crippen LogP contribution in [0.1, 0.15) is 34.2 Å². The number of imidazole rings is 1. The fourth-order valence-corrected chi connectivity index (χ4v) is 2.61. The Balaban J connectivity index is 1.79. The normalized spacial score (nSPS) is 10.9. The van der Waals surface area contributed by atoms with Crippen LogP contribution in [-0.4, -0.2) is 37.3 Å². The summed E-state index contributed by atoms with van der Waals surface area (Å²) < 4.78 is 7.68. The van der Waals surface area contributed by atoms with Gasteiger partial charge in [0.25, 0.3) is 5.56 Å². The van der Waals surface area contributed by atoms with Crippen LogP contribution in [0.25, 0.3) is 5.65 Å². The number of nitrogens with zero attached hydrogens (tertiary/aromatic N) is 3. The topological polar surface area (TPSA) is 142 Å². The van der Waals surface area contributed by atoms with Gasteiger partial charge in [-0.25, -0.2) is 14.6 Å². The van der Waals surface area contributed by atoms with Gasteiger partial charge in [0.1, 0.15) is 17.0 Å². The number of rotatable bonds is 6. The van der Waals surface area contributed by atoms with Gasteiger partial charge in [-0.3, -0.25) is 19.1 Å². The van der Waals surface area contributed by atoms with Crippen molar-refractivity contribution in [2.45, 2.75) is 19.9 Å². The summed E-state index contributed by atoms with van der Waals surface area (Å²) in [6.45, 7) is 1.35. The van der Waals surface area contributed by atoms with Gasteiger partial charge in [0.05, 0.1) is 0 Å². The van der Waals surface area contributed by atoms with Gasteiger partial charge in [-0.15, -0.1) is 0 Å². The number of ketones is 1. The highest BCUT2D eigenvalue weighted by atomic mass is 16.5. The lowest BCUT2D eigenvalue weighted by molar-refractivity contribution is 0.0469. The number of aromatic nitrogens is 4. The molecule has 0 aliphatic rings. The number of Topliss-reactive ketones (excluding diaryl/α,β-unsaturated/α-hetero) is 1. The van der Waals surface area contributed by atoms with Crippen LogP contribution in [0.2, 0.25) is 0 Å². The molecule has 0 radical (unpaired) electrons. The number of nitrogens with two attached hydrogens (primary N) is 1. The molecule has 3 heterocycles. The quantitative estimate of drug-likeness (QED) is 0.466. The van der Waals surface area contributed by atoms with E-state index in [1.54, 1.807) is 28.8 Å². The third-order valence-corrected chi connectivity index (χ3v) is 3.87. The maximum absolute atomic E-state index is 12.3. The first kappa shape index (κ1) is 18.1. The molecule has 0 unspecified atom stereocenters. The lowest BCUT2D eigenvalue weighted by atomic mass is 10.2. The van der Waals surface area contributed by atoms with Crippen molar-refractivity contribution in [3.63, 3.8) is 0 Å². The average molecular weight is 371 g/mol. The third kappa shape index (κ3) is 3.50. The Labute approximate surface area is 152 Å². The predicted molar refractivity (Wildman–Crippen MR) is 95.8 cm³/mol. The van der Waals surface area contributed by atoms with Gasteiger partial charge in [-0.1, -0.05) is 13.0 Å². The van der Waals surface area contributed by atoms with Gasteiger partial charge in [0, 0.05) is 18.9 Å². The lowest BCUT2D eigenvalue weighted by Gasteiger charge is -2.11. The fraction of sp³-hybridized carbons (Fsp3) is 0.235. The number of carbonyl (C=O) groups excluding carboxylic acids is 2. The number of esters is 1. The minimum absolute atomic E-state index is 0.0202. The SMILES string of the molecule is CCCn1c(N)c(C(=O)COC(=O)c2cn3ccccc3n2)c(=O)[nH]c1=O. The number of carbonyl (C=O) groups is 2. The predicted octanol–water partition coefficient (Wildman–Crippen LogP) is 0.216. The second-order valence-corrected chi connectivity index (χ2v) is 5.76. The highest BCUT2D eigenvalue weighted by Gasteiger charge is 2.21. The monoisotopic (exact) mass is 371 g/mol. The van der Waals surface area contributed by atoms with Crippen molar-refractivity contribution >= 4 is 23.2 Å². The van der Waals surface area contributed by atoms with Crippen LogP contribution in [0, 0.1) is 0 Å². The number of anilines is 1. The molecule has 0 saturated heterocycles. The van der Waals surface area contributed by atoms with Crippen molar-refractivity contribution in [2.24, 2.45) is 0 Å². The van der Waals surface area contributed by atoms with Crippen LogP contribution in [0.15, 0.2) is 40.2 Å². The van der Waals surface area contributed by atoms with E-state index in [1.165, 1.54) is 6.20 Å². The Morgan fingerprint density at radius 2 is 2.07 bits per heavy atom. The first-order valence-corrected chi connectivity index (χ1v) is 8.19. The average Bonchev–Trinajstić information content (AvgIpc) is 3.07. The molecule has 0 spiro atoms. The molecule has 0 aliphatic carbocycles. The number of hydrogen-bond acceptors (Lipinski definition) is 7. The Kier molecular flexibility index (Phi) is 4.88. The van der Waals surface area contributed by atoms with Crippen molar-refractivity contribution in [1.29, 1.82) is 0 Å². The van der Waals surface area contributed by atoms with E-state index in [0.29, 0.717) is 12.1 Å². The van der Waals surface area contributed by atoms with E-state index in [0.717, 1.165) is 4.57 Å². The molecule has 0 aromatic carbocycles. The zero-order chi connectivity index (χ0) is 19.6. The Morgan fingerprint density at radius 3 is 2.78 bits per heavy atom. The van der Waals surface area contributed by atoms with E-state index >= 15 is 0 Å². The smallest absolute Gasteiger partial charge is 0.359 e. The van der Waals surface area contributed by atoms with Gasteiger partial charge in [0.2, 0.25) is 5.78 Å². The molecular formula is C17H17N5O5. The summed E-state index contributed by atoms with van der Waals surface area (Å²) in [7, 11) is 0. The molecule has 0 aliphatic heterocycles. The molecule has 0 atom stereocenters. The number of hydrogen-bond donors (Lipinski definition) is 2. The van der Waals surface area contributed by atoms with E-state index in [4.69, 9.17) is 10.5 Å². The molecule has 0 bridgehead atoms. The number of pyridine rings is 1. The van der Waals surface area contributed by atoms with Crippen molar-refractivity contribution in [3.8, 4) is 0 Å². The Bertz CT molecular complexity index is 1110. The van der Waals surface area contributed by atoms with Crippen LogP contribution in [0.3, 0.4) is 0 Å². The second kappa shape index (κ2) is 7.28. The number of nitrogens with one attached hydrogen (secondary N) is 1. The summed E-state index contributed by atoms with van der Waals surface area (Å²) in [5.41, 5.74) is 4.35. The number of ether oxygens (including phenoxy) is 1. The maximum Gasteiger partial charge on any atom is 0.359 e. The molecule has 3 rings (SSSR count). The number of H-pyrrole nitrogens is 1. The molecule has 140 valence electrons. The minimum atomic E-state index is -0.918. The van der Waals surface area contributed by atoms with Crippen molar-refractivity contribution in [2.75, 3.05) is 12.3 Å². The third-order valence-electron chi connectivity index (χ3n) is 3.87. The van der Waals surface area contributed by atoms with Gasteiger partial charge < -0.3 is 14.9 Å². The zero-order valence-electron chi connectivity index (χ0n) is 14.5. The van der Waals surface area contributed by atoms with Crippen molar-refractivity contribution in [1.82, 2.24) is 18.9 Å². The first-order chi connectivity index (χ1) is 12.9. The molecule has 0 amide bonds. The molecular weight excluding hydrogens is 354 g/mol. The lowest BCUT2D eigenvalue weighted by Crippen LogP contribution is -2.37. The van der Waals surface area contributed by atoms with Gasteiger partial charge >= 0.3 is 11.7 Å². The second-order valence-electron chi connectivity index (χ2n) is 5.76. The summed E-state index contributed by atoms with van der Waals surface area (Å²) in [5.74, 6) is -1.88. The minimum Gasteiger partial charge on any atom is -0.453 e. The molecule has 27 heavy (non-hydrogen) atoms. The van der Waals surface area contributed by atoms with E-state index < -0.39 is 35.2 Å². The van der Waals surface area contributed by atoms with E-state index in [9.17, 15) is 19.2 Å². The Morgan fingerprint density at radius 1 is 1.30 bits per heavy atom. The summed E-state index contributed by atoms with van der Waals surface area (Å²) in [5, 5.41) is 0. The largest absolute Gasteiger partial charge is 0.453 e. The summed E-state index contributed by atoms with van der Waals surface area (Å²) in [6.07, 6.45) is 3.75. The molecule has 3 aromatic rings. The molecule has 10 heteroatoms. The van der Waals surface area contributed by atoms with Crippen LogP contribution in [0.4, 0.5) is 5.82 Å². The van der Waals surface area contributed by atoms with Gasteiger partial charge in [-0.05, 0) is 18.6 Å². The molecule has 3 aromatic heterocycles. The number of nitrogen functional groups attached to an aromatic ring is 1. The van der Waals surface area contributed by atoms with E-state index in [-0.39, 0.29) is 18.1 Å². The Hall–Kier alpha value is -3.69. The van der Waals surface area contributed by atoms with E-state index in [1.807, 2.05) is 11.9 Å². The van der Waals surface area contributed by atoms with Crippen LogP contribution in [-0.2, 0) is 11.3 Å². The van der Waals surface area contributed by atoms with E-state index in [2.05, 4.69) is 4.98 Å². The fourth-order valence-electron chi connectivity index (χ4n) is 2.61. The summed E-state index contributed by atoms with van der Waals surface area (Å²) in [4.78, 5) is 54.3. The number of fused-ring (bicyclic) bond motifs is 1. The van der Waals surface area contributed by atoms with Crippen LogP contribution < -0.4 is 17.0 Å². The molecule has 0 fully saturated rings. The standard InChI is InChI=1S/C17H17N5O5/c1-2-6-22-14(18)13(15(24)20-17(22)26)11(23)9-27-16(25)10-8-21-7-4-3-5-12(21)19-10/h3-5,7-8H,2,6,9,18H2,1H3,(H,20,24,26). The zero-order valence-corrected chi connectivity index (χ0v) is 14.5.